The lowest BCUT2D eigenvalue weighted by atomic mass is 10.1. The topological polar surface area (TPSA) is 74.3 Å². The first-order valence-electron chi connectivity index (χ1n) is 7.30. The van der Waals surface area contributed by atoms with Crippen molar-refractivity contribution in [2.75, 3.05) is 38.2 Å². The van der Waals surface area contributed by atoms with Crippen LogP contribution in [0.4, 0.5) is 5.69 Å². The molecule has 1 heterocycles. The highest BCUT2D eigenvalue weighted by atomic mass is 16.5. The third-order valence-electron chi connectivity index (χ3n) is 4.02. The molecule has 1 aliphatic rings. The molecule has 0 aliphatic carbocycles. The zero-order valence-corrected chi connectivity index (χ0v) is 12.7. The highest BCUT2D eigenvalue weighted by molar-refractivity contribution is 5.85. The number of hydrogen-bond acceptors (Lipinski definition) is 5. The fourth-order valence-electron chi connectivity index (χ4n) is 2.82. The first kappa shape index (κ1) is 15.4. The molecule has 0 bridgehead atoms. The van der Waals surface area contributed by atoms with Crippen LogP contribution in [0.2, 0.25) is 0 Å². The number of nitrogens with two attached hydrogens (primary N) is 1. The standard InChI is InChI=1S/C15H24N4O2/c1-3-14(15(16)17-20)19-9-7-18(8-10-19)12-5-4-6-13(11-12)21-2/h4-6,11,14,20H,3,7-10H2,1-2H3,(H2,16,17). The monoisotopic (exact) mass is 292 g/mol. The second-order valence-electron chi connectivity index (χ2n) is 5.17. The normalized spacial score (nSPS) is 18.6. The van der Waals surface area contributed by atoms with E-state index in [0.717, 1.165) is 38.3 Å². The van der Waals surface area contributed by atoms with Crippen LogP contribution in [0.15, 0.2) is 29.4 Å². The second-order valence-corrected chi connectivity index (χ2v) is 5.17. The molecule has 0 spiro atoms. The molecule has 0 radical (unpaired) electrons. The zero-order chi connectivity index (χ0) is 15.2. The molecule has 3 N–H and O–H groups in total. The minimum absolute atomic E-state index is 0.0162. The minimum atomic E-state index is 0.0162. The van der Waals surface area contributed by atoms with Crippen molar-refractivity contribution >= 4 is 11.5 Å². The third-order valence-corrected chi connectivity index (χ3v) is 4.02. The zero-order valence-electron chi connectivity index (χ0n) is 12.7. The number of hydrogen-bond donors (Lipinski definition) is 2. The maximum absolute atomic E-state index is 8.87. The number of amidine groups is 1. The lowest BCUT2D eigenvalue weighted by Crippen LogP contribution is -2.54. The molecular weight excluding hydrogens is 268 g/mol. The Balaban J connectivity index is 1.99. The summed E-state index contributed by atoms with van der Waals surface area (Å²) in [5.41, 5.74) is 6.94. The summed E-state index contributed by atoms with van der Waals surface area (Å²) in [6, 6.07) is 8.12. The number of benzene rings is 1. The Labute approximate surface area is 125 Å². The number of nitrogens with zero attached hydrogens (tertiary/aromatic N) is 3. The van der Waals surface area contributed by atoms with E-state index in [9.17, 15) is 0 Å². The quantitative estimate of drug-likeness (QED) is 0.371. The van der Waals surface area contributed by atoms with Gasteiger partial charge < -0.3 is 20.6 Å². The van der Waals surface area contributed by atoms with Gasteiger partial charge in [0.05, 0.1) is 13.2 Å². The number of anilines is 1. The predicted molar refractivity (Wildman–Crippen MR) is 84.3 cm³/mol. The van der Waals surface area contributed by atoms with Crippen LogP contribution < -0.4 is 15.4 Å². The van der Waals surface area contributed by atoms with Crippen LogP contribution in [-0.2, 0) is 0 Å². The summed E-state index contributed by atoms with van der Waals surface area (Å²) in [4.78, 5) is 4.60. The van der Waals surface area contributed by atoms with E-state index < -0.39 is 0 Å². The van der Waals surface area contributed by atoms with Gasteiger partial charge in [0.1, 0.15) is 5.75 Å². The predicted octanol–water partition coefficient (Wildman–Crippen LogP) is 1.34. The van der Waals surface area contributed by atoms with Crippen LogP contribution in [0.1, 0.15) is 13.3 Å². The molecule has 6 heteroatoms. The van der Waals surface area contributed by atoms with Crippen molar-refractivity contribution < 1.29 is 9.94 Å². The Morgan fingerprint density at radius 1 is 1.38 bits per heavy atom. The Bertz CT molecular complexity index is 484. The largest absolute Gasteiger partial charge is 0.497 e. The number of ether oxygens (including phenoxy) is 1. The van der Waals surface area contributed by atoms with Gasteiger partial charge in [0.15, 0.2) is 5.84 Å². The lowest BCUT2D eigenvalue weighted by Gasteiger charge is -2.39. The van der Waals surface area contributed by atoms with Crippen molar-refractivity contribution in [3.63, 3.8) is 0 Å². The van der Waals surface area contributed by atoms with Crippen molar-refractivity contribution in [2.24, 2.45) is 10.9 Å². The van der Waals surface area contributed by atoms with Gasteiger partial charge in [0, 0.05) is 37.9 Å². The Hall–Kier alpha value is -1.95. The molecule has 1 unspecified atom stereocenters. The Kier molecular flexibility index (Phi) is 5.27. The number of methoxy groups -OCH3 is 1. The van der Waals surface area contributed by atoms with Crippen LogP contribution in [0.25, 0.3) is 0 Å². The van der Waals surface area contributed by atoms with Crippen LogP contribution >= 0.6 is 0 Å². The summed E-state index contributed by atoms with van der Waals surface area (Å²) in [6.07, 6.45) is 0.842. The maximum atomic E-state index is 8.87. The van der Waals surface area contributed by atoms with Gasteiger partial charge in [-0.3, -0.25) is 4.90 Å². The summed E-state index contributed by atoms with van der Waals surface area (Å²) in [7, 11) is 1.68. The van der Waals surface area contributed by atoms with Gasteiger partial charge in [0.25, 0.3) is 0 Å². The van der Waals surface area contributed by atoms with Gasteiger partial charge in [-0.2, -0.15) is 0 Å². The summed E-state index contributed by atoms with van der Waals surface area (Å²) in [5.74, 6) is 1.17. The molecular formula is C15H24N4O2. The third kappa shape index (κ3) is 3.58. The minimum Gasteiger partial charge on any atom is -0.497 e. The molecule has 0 saturated carbocycles. The van der Waals surface area contributed by atoms with Crippen LogP contribution in [0.5, 0.6) is 5.75 Å². The van der Waals surface area contributed by atoms with Crippen molar-refractivity contribution in [2.45, 2.75) is 19.4 Å². The molecule has 1 aromatic rings. The van der Waals surface area contributed by atoms with E-state index in [1.54, 1.807) is 7.11 Å². The Morgan fingerprint density at radius 2 is 2.10 bits per heavy atom. The summed E-state index contributed by atoms with van der Waals surface area (Å²) >= 11 is 0. The molecule has 2 rings (SSSR count). The van der Waals surface area contributed by atoms with Crippen LogP contribution in [-0.4, -0.2) is 55.3 Å². The fourth-order valence-corrected chi connectivity index (χ4v) is 2.82. The van der Waals surface area contributed by atoms with Gasteiger partial charge in [0.2, 0.25) is 0 Å². The number of piperazine rings is 1. The molecule has 0 aromatic heterocycles. The van der Waals surface area contributed by atoms with Crippen LogP contribution in [0, 0.1) is 0 Å². The van der Waals surface area contributed by atoms with E-state index >= 15 is 0 Å². The van der Waals surface area contributed by atoms with E-state index in [-0.39, 0.29) is 6.04 Å². The first-order chi connectivity index (χ1) is 10.2. The fraction of sp³-hybridized carbons (Fsp3) is 0.533. The SMILES string of the molecule is CCC(C(N)=NO)N1CCN(c2cccc(OC)c2)CC1. The number of oxime groups is 1. The van der Waals surface area contributed by atoms with Crippen molar-refractivity contribution in [3.05, 3.63) is 24.3 Å². The van der Waals surface area contributed by atoms with E-state index in [0.29, 0.717) is 5.84 Å². The summed E-state index contributed by atoms with van der Waals surface area (Å²) < 4.78 is 5.27. The molecule has 21 heavy (non-hydrogen) atoms. The highest BCUT2D eigenvalue weighted by Crippen LogP contribution is 2.22. The smallest absolute Gasteiger partial charge is 0.156 e. The summed E-state index contributed by atoms with van der Waals surface area (Å²) in [5, 5.41) is 12.0. The second kappa shape index (κ2) is 7.17. The molecule has 6 nitrogen and oxygen atoms in total. The van der Waals surface area contributed by atoms with E-state index in [2.05, 4.69) is 34.0 Å². The molecule has 0 amide bonds. The van der Waals surface area contributed by atoms with Gasteiger partial charge >= 0.3 is 0 Å². The molecule has 1 atom stereocenters. The average Bonchev–Trinajstić information content (AvgIpc) is 2.56. The van der Waals surface area contributed by atoms with Crippen molar-refractivity contribution in [1.82, 2.24) is 4.90 Å². The Morgan fingerprint density at radius 3 is 2.67 bits per heavy atom. The molecule has 1 aliphatic heterocycles. The van der Waals surface area contributed by atoms with Gasteiger partial charge in [-0.1, -0.05) is 18.1 Å². The highest BCUT2D eigenvalue weighted by Gasteiger charge is 2.25. The van der Waals surface area contributed by atoms with Gasteiger partial charge in [-0.15, -0.1) is 0 Å². The molecule has 1 saturated heterocycles. The summed E-state index contributed by atoms with van der Waals surface area (Å²) in [6.45, 7) is 5.68. The van der Waals surface area contributed by atoms with Crippen LogP contribution in [0.3, 0.4) is 0 Å². The molecule has 116 valence electrons. The molecule has 1 fully saturated rings. The van der Waals surface area contributed by atoms with Gasteiger partial charge in [-0.25, -0.2) is 0 Å². The maximum Gasteiger partial charge on any atom is 0.156 e. The lowest BCUT2D eigenvalue weighted by molar-refractivity contribution is 0.216. The van der Waals surface area contributed by atoms with Crippen molar-refractivity contribution in [3.8, 4) is 5.75 Å². The average molecular weight is 292 g/mol. The van der Waals surface area contributed by atoms with E-state index in [4.69, 9.17) is 15.7 Å². The molecule has 1 aromatic carbocycles. The van der Waals surface area contributed by atoms with E-state index in [1.165, 1.54) is 5.69 Å². The van der Waals surface area contributed by atoms with Gasteiger partial charge in [-0.05, 0) is 18.6 Å². The van der Waals surface area contributed by atoms with E-state index in [1.807, 2.05) is 12.1 Å². The first-order valence-corrected chi connectivity index (χ1v) is 7.30. The van der Waals surface area contributed by atoms with Crippen molar-refractivity contribution in [1.29, 1.82) is 0 Å². The number of rotatable bonds is 5.